The summed E-state index contributed by atoms with van der Waals surface area (Å²) in [6.45, 7) is 8.96. The Morgan fingerprint density at radius 2 is 1.93 bits per heavy atom. The van der Waals surface area contributed by atoms with E-state index in [2.05, 4.69) is 38.2 Å². The molecule has 5 fully saturated rings. The van der Waals surface area contributed by atoms with Crippen LogP contribution in [-0.4, -0.2) is 51.4 Å². The van der Waals surface area contributed by atoms with Gasteiger partial charge in [0.05, 0.1) is 38.9 Å². The largest absolute Gasteiger partial charge is 0.399 e. The molecule has 3 saturated heterocycles. The summed E-state index contributed by atoms with van der Waals surface area (Å²) < 4.78 is 16.3. The first-order valence-electron chi connectivity index (χ1n) is 18.9. The molecule has 2 saturated carbocycles. The van der Waals surface area contributed by atoms with Gasteiger partial charge in [0.1, 0.15) is 5.52 Å². The van der Waals surface area contributed by atoms with Crippen molar-refractivity contribution in [2.45, 2.75) is 96.7 Å². The van der Waals surface area contributed by atoms with Gasteiger partial charge in [0.2, 0.25) is 11.8 Å². The number of benzene rings is 2. The minimum atomic E-state index is -0.571. The van der Waals surface area contributed by atoms with E-state index in [0.717, 1.165) is 60.8 Å². The minimum absolute atomic E-state index is 0.0117. The van der Waals surface area contributed by atoms with Gasteiger partial charge in [0.25, 0.3) is 0 Å². The molecule has 8 N–H and O–H groups in total. The zero-order valence-electron chi connectivity index (χ0n) is 31.8. The summed E-state index contributed by atoms with van der Waals surface area (Å²) in [7, 11) is 0. The average Bonchev–Trinajstić information content (AvgIpc) is 3.52. The van der Waals surface area contributed by atoms with E-state index in [4.69, 9.17) is 34.8 Å². The van der Waals surface area contributed by atoms with Crippen molar-refractivity contribution in [1.29, 1.82) is 5.26 Å². The minimum Gasteiger partial charge on any atom is -0.399 e. The molecule has 2 aromatic heterocycles. The highest BCUT2D eigenvalue weighted by atomic mass is 35.5. The van der Waals surface area contributed by atoms with Crippen molar-refractivity contribution in [2.75, 3.05) is 13.1 Å². The van der Waals surface area contributed by atoms with E-state index >= 15 is 4.39 Å². The lowest BCUT2D eigenvalue weighted by atomic mass is 9.87. The van der Waals surface area contributed by atoms with Gasteiger partial charge in [-0.3, -0.25) is 15.4 Å². The number of nitrogens with one attached hydrogen (secondary N) is 4. The number of nitriles is 1. The van der Waals surface area contributed by atoms with Crippen LogP contribution in [0.1, 0.15) is 88.7 Å². The summed E-state index contributed by atoms with van der Waals surface area (Å²) in [5, 5.41) is 17.5. The Balaban J connectivity index is 0.000000234. The van der Waals surface area contributed by atoms with E-state index < -0.39 is 11.4 Å². The Kier molecular flexibility index (Phi) is 12.3. The molecular weight excluding hydrogens is 740 g/mol. The van der Waals surface area contributed by atoms with Crippen molar-refractivity contribution >= 4 is 56.8 Å². The Morgan fingerprint density at radius 3 is 2.53 bits per heavy atom. The number of hydrogen-bond acceptors (Lipinski definition) is 8. The maximum absolute atomic E-state index is 16.3. The van der Waals surface area contributed by atoms with Crippen LogP contribution in [0.4, 0.5) is 4.39 Å². The van der Waals surface area contributed by atoms with Crippen LogP contribution in [0.2, 0.25) is 10.0 Å². The number of hydrazine groups is 1. The van der Waals surface area contributed by atoms with E-state index in [1.165, 1.54) is 32.5 Å². The number of aryl methyl sites for hydroxylation is 2. The Hall–Kier alpha value is -4.41. The van der Waals surface area contributed by atoms with Gasteiger partial charge in [-0.05, 0) is 102 Å². The fraction of sp³-hybridized carbons (Fsp3) is 0.463. The second-order valence-corrected chi connectivity index (χ2v) is 16.4. The van der Waals surface area contributed by atoms with Crippen molar-refractivity contribution in [3.63, 3.8) is 0 Å². The van der Waals surface area contributed by atoms with Crippen molar-refractivity contribution in [1.82, 2.24) is 30.9 Å². The predicted molar refractivity (Wildman–Crippen MR) is 216 cm³/mol. The normalized spacial score (nSPS) is 20.2. The lowest BCUT2D eigenvalue weighted by Crippen LogP contribution is -2.47. The lowest BCUT2D eigenvalue weighted by molar-refractivity contribution is -0.133. The number of amides is 2. The monoisotopic (exact) mass is 789 g/mol. The second-order valence-electron chi connectivity index (χ2n) is 15.6. The molecule has 2 aromatic carbocycles. The van der Waals surface area contributed by atoms with Gasteiger partial charge in [-0.2, -0.15) is 5.26 Å². The van der Waals surface area contributed by atoms with Crippen molar-refractivity contribution < 1.29 is 14.0 Å². The number of likely N-dealkylation sites (tertiary alicyclic amines) is 1. The van der Waals surface area contributed by atoms with Crippen LogP contribution in [0.5, 0.6) is 0 Å². The van der Waals surface area contributed by atoms with Crippen molar-refractivity contribution in [3.05, 3.63) is 75.0 Å². The molecule has 9 rings (SSSR count). The SMILES string of the molecule is C1NC2CC1C2.CC(=O)NC(C)(C)/C(N)=C/NN.Cc1nc2c(F)c(-c3cccc(Cl)c3Cl)c(CCC#N)cc2c2[nH]c(C3CCCN3C(=O)C3CC3)cc12. The number of carbonyl (C=O) groups is 2. The molecule has 5 heterocycles. The molecule has 0 spiro atoms. The van der Waals surface area contributed by atoms with Gasteiger partial charge < -0.3 is 31.7 Å². The van der Waals surface area contributed by atoms with Crippen LogP contribution in [0, 0.1) is 35.9 Å². The molecule has 14 heteroatoms. The van der Waals surface area contributed by atoms with Gasteiger partial charge in [0, 0.05) is 71.3 Å². The van der Waals surface area contributed by atoms with E-state index in [1.807, 2.05) is 17.9 Å². The summed E-state index contributed by atoms with van der Waals surface area (Å²) >= 11 is 12.8. The van der Waals surface area contributed by atoms with Gasteiger partial charge >= 0.3 is 0 Å². The number of H-pyrrole nitrogens is 1. The Morgan fingerprint density at radius 1 is 1.18 bits per heavy atom. The number of halogens is 3. The molecule has 5 aliphatic rings. The molecule has 2 amide bonds. The number of carbonyl (C=O) groups excluding carboxylic acids is 2. The topological polar surface area (TPSA) is 178 Å². The number of nitrogens with zero attached hydrogens (tertiary/aromatic N) is 3. The smallest absolute Gasteiger partial charge is 0.226 e. The standard InChI is InChI=1S/C29H25Cl2FN4O.C7H16N4O.C5H9N/c1-15-19-14-22(23-8-4-12-36(23)29(37)16-9-10-16)35-27(19)20-13-17(5-3-11-33)24(26(32)28(20)34-15)18-6-2-7-21(30)25(18)31;1-5(12)11-7(2,3)6(8)4-10-9;1-4-2-5(1)6-3-4/h2,6-7,13-14,16,23,35H,3-5,8-10,12H2,1H3;4,10H,8-9H2,1-3H3,(H,11,12);4-6H,1-3H2/b;6-4-;. The second kappa shape index (κ2) is 16.8. The first-order chi connectivity index (χ1) is 26.2. The molecule has 55 heavy (non-hydrogen) atoms. The number of rotatable bonds is 8. The number of aromatic amines is 1. The number of fused-ring (bicyclic) bond motifs is 4. The highest BCUT2D eigenvalue weighted by Gasteiger charge is 2.39. The molecule has 292 valence electrons. The van der Waals surface area contributed by atoms with E-state index in [1.54, 1.807) is 32.0 Å². The maximum atomic E-state index is 16.3. The van der Waals surface area contributed by atoms with Gasteiger partial charge in [-0.1, -0.05) is 35.3 Å². The number of nitrogens with two attached hydrogens (primary N) is 2. The molecule has 0 radical (unpaired) electrons. The molecule has 4 aromatic rings. The summed E-state index contributed by atoms with van der Waals surface area (Å²) in [4.78, 5) is 33.9. The fourth-order valence-corrected chi connectivity index (χ4v) is 8.25. The Bertz CT molecular complexity index is 2160. The van der Waals surface area contributed by atoms with E-state index in [0.29, 0.717) is 44.9 Å². The number of hydrogen-bond donors (Lipinski definition) is 6. The third-order valence-corrected chi connectivity index (χ3v) is 11.8. The summed E-state index contributed by atoms with van der Waals surface area (Å²) in [5.74, 6) is 5.91. The molecule has 3 aliphatic heterocycles. The zero-order chi connectivity index (χ0) is 39.6. The van der Waals surface area contributed by atoms with Crippen LogP contribution in [-0.2, 0) is 16.0 Å². The third kappa shape index (κ3) is 8.70. The van der Waals surface area contributed by atoms with E-state index in [-0.39, 0.29) is 40.7 Å². The molecular formula is C41H50Cl2FN9O2. The van der Waals surface area contributed by atoms with Crippen LogP contribution >= 0.6 is 23.2 Å². The fourth-order valence-electron chi connectivity index (χ4n) is 7.85. The van der Waals surface area contributed by atoms with Gasteiger partial charge in [-0.15, -0.1) is 0 Å². The molecule has 1 unspecified atom stereocenters. The van der Waals surface area contributed by atoms with Crippen molar-refractivity contribution in [2.24, 2.45) is 23.4 Å². The summed E-state index contributed by atoms with van der Waals surface area (Å²) in [5.41, 5.74) is 12.0. The average molecular weight is 791 g/mol. The van der Waals surface area contributed by atoms with Gasteiger partial charge in [-0.25, -0.2) is 9.37 Å². The maximum Gasteiger partial charge on any atom is 0.226 e. The molecule has 1 atom stereocenters. The zero-order valence-corrected chi connectivity index (χ0v) is 33.3. The summed E-state index contributed by atoms with van der Waals surface area (Å²) in [6.07, 6.45) is 8.79. The Labute approximate surface area is 331 Å². The highest BCUT2D eigenvalue weighted by molar-refractivity contribution is 6.43. The summed E-state index contributed by atoms with van der Waals surface area (Å²) in [6, 6.07) is 12.2. The molecule has 2 bridgehead atoms. The third-order valence-electron chi connectivity index (χ3n) is 11.0. The van der Waals surface area contributed by atoms with E-state index in [9.17, 15) is 14.9 Å². The van der Waals surface area contributed by atoms with Crippen LogP contribution in [0.3, 0.4) is 0 Å². The van der Waals surface area contributed by atoms with Gasteiger partial charge in [0.15, 0.2) is 5.82 Å². The first kappa shape index (κ1) is 40.3. The first-order valence-corrected chi connectivity index (χ1v) is 19.7. The van der Waals surface area contributed by atoms with Crippen LogP contribution in [0.25, 0.3) is 32.9 Å². The molecule has 2 aliphatic carbocycles. The molecule has 11 nitrogen and oxygen atoms in total. The number of pyridine rings is 1. The number of aromatic nitrogens is 2. The van der Waals surface area contributed by atoms with Crippen LogP contribution in [0.15, 0.2) is 42.2 Å². The van der Waals surface area contributed by atoms with Crippen molar-refractivity contribution in [3.8, 4) is 17.2 Å². The quantitative estimate of drug-likeness (QED) is 0.0802. The highest BCUT2D eigenvalue weighted by Crippen LogP contribution is 2.43. The lowest BCUT2D eigenvalue weighted by Gasteiger charge is -2.25. The van der Waals surface area contributed by atoms with Crippen LogP contribution < -0.4 is 27.6 Å². The predicted octanol–water partition coefficient (Wildman–Crippen LogP) is 7.20.